The van der Waals surface area contributed by atoms with Gasteiger partial charge in [-0.15, -0.1) is 0 Å². The third-order valence-electron chi connectivity index (χ3n) is 2.49. The van der Waals surface area contributed by atoms with Crippen LogP contribution in [0.1, 0.15) is 6.42 Å². The van der Waals surface area contributed by atoms with E-state index in [1.807, 2.05) is 0 Å². The van der Waals surface area contributed by atoms with Gasteiger partial charge in [0.15, 0.2) is 0 Å². The average Bonchev–Trinajstić information content (AvgIpc) is 2.35. The van der Waals surface area contributed by atoms with Gasteiger partial charge in [0.1, 0.15) is 28.3 Å². The Kier molecular flexibility index (Phi) is 7.29. The van der Waals surface area contributed by atoms with Gasteiger partial charge in [-0.05, 0) is 31.2 Å². The minimum atomic E-state index is -2.91. The first-order valence-corrected chi connectivity index (χ1v) is 8.75. The van der Waals surface area contributed by atoms with Crippen LogP contribution in [-0.2, 0) is 9.84 Å². The molecule has 1 aromatic rings. The monoisotopic (exact) mass is 321 g/mol. The molecular formula is C13H20ClNO4S. The van der Waals surface area contributed by atoms with Crippen molar-refractivity contribution in [3.8, 4) is 5.75 Å². The lowest BCUT2D eigenvalue weighted by Gasteiger charge is -2.13. The van der Waals surface area contributed by atoms with Crippen LogP contribution in [0.2, 0.25) is 5.02 Å². The van der Waals surface area contributed by atoms with Gasteiger partial charge in [-0.2, -0.15) is 0 Å². The SMILES string of the molecule is CS(=O)(=O)CCCNCC(O)COc1cccc(Cl)c1. The largest absolute Gasteiger partial charge is 0.491 e. The van der Waals surface area contributed by atoms with Gasteiger partial charge in [-0.1, -0.05) is 17.7 Å². The highest BCUT2D eigenvalue weighted by Gasteiger charge is 2.06. The predicted molar refractivity (Wildman–Crippen MR) is 80.2 cm³/mol. The lowest BCUT2D eigenvalue weighted by molar-refractivity contribution is 0.106. The molecule has 0 aliphatic rings. The molecule has 0 amide bonds. The molecule has 0 aliphatic heterocycles. The third-order valence-corrected chi connectivity index (χ3v) is 3.75. The average molecular weight is 322 g/mol. The number of aliphatic hydroxyl groups is 1. The van der Waals surface area contributed by atoms with Crippen LogP contribution < -0.4 is 10.1 Å². The Bertz CT molecular complexity index is 507. The standard InChI is InChI=1S/C13H20ClNO4S/c1-20(17,18)7-3-6-15-9-12(16)10-19-13-5-2-4-11(14)8-13/h2,4-5,8,12,15-16H,3,6-7,9-10H2,1H3. The van der Waals surface area contributed by atoms with Crippen molar-refractivity contribution in [3.63, 3.8) is 0 Å². The first-order chi connectivity index (χ1) is 9.37. The Labute approximate surface area is 124 Å². The van der Waals surface area contributed by atoms with E-state index in [-0.39, 0.29) is 12.4 Å². The number of hydrogen-bond acceptors (Lipinski definition) is 5. The molecule has 0 spiro atoms. The molecule has 5 nitrogen and oxygen atoms in total. The fourth-order valence-corrected chi connectivity index (χ4v) is 2.39. The van der Waals surface area contributed by atoms with Crippen LogP contribution in [0.15, 0.2) is 24.3 Å². The summed E-state index contributed by atoms with van der Waals surface area (Å²) in [7, 11) is -2.91. The molecule has 1 rings (SSSR count). The topological polar surface area (TPSA) is 75.6 Å². The lowest BCUT2D eigenvalue weighted by atomic mass is 10.3. The van der Waals surface area contributed by atoms with Gasteiger partial charge in [0, 0.05) is 17.8 Å². The van der Waals surface area contributed by atoms with E-state index in [2.05, 4.69) is 5.32 Å². The Morgan fingerprint density at radius 3 is 2.85 bits per heavy atom. The Morgan fingerprint density at radius 1 is 1.45 bits per heavy atom. The molecule has 1 atom stereocenters. The van der Waals surface area contributed by atoms with Crippen molar-refractivity contribution in [2.75, 3.05) is 31.7 Å². The number of rotatable bonds is 9. The second-order valence-corrected chi connectivity index (χ2v) is 7.31. The molecule has 1 aromatic carbocycles. The molecule has 0 radical (unpaired) electrons. The molecule has 20 heavy (non-hydrogen) atoms. The van der Waals surface area contributed by atoms with E-state index in [1.165, 1.54) is 6.26 Å². The van der Waals surface area contributed by atoms with E-state index in [4.69, 9.17) is 16.3 Å². The van der Waals surface area contributed by atoms with Gasteiger partial charge < -0.3 is 15.2 Å². The smallest absolute Gasteiger partial charge is 0.147 e. The zero-order valence-electron chi connectivity index (χ0n) is 11.4. The fourth-order valence-electron chi connectivity index (χ4n) is 1.54. The first-order valence-electron chi connectivity index (χ1n) is 6.32. The molecule has 0 saturated carbocycles. The number of hydrogen-bond donors (Lipinski definition) is 2. The molecule has 0 saturated heterocycles. The second-order valence-electron chi connectivity index (χ2n) is 4.61. The molecule has 0 aromatic heterocycles. The highest BCUT2D eigenvalue weighted by atomic mass is 35.5. The zero-order chi connectivity index (χ0) is 15.0. The summed E-state index contributed by atoms with van der Waals surface area (Å²) in [6.45, 7) is 1.05. The summed E-state index contributed by atoms with van der Waals surface area (Å²) >= 11 is 5.81. The number of halogens is 1. The minimum absolute atomic E-state index is 0.148. The van der Waals surface area contributed by atoms with Crippen LogP contribution in [-0.4, -0.2) is 51.3 Å². The van der Waals surface area contributed by atoms with Crippen molar-refractivity contribution >= 4 is 21.4 Å². The molecular weight excluding hydrogens is 302 g/mol. The maximum atomic E-state index is 10.9. The normalized spacial score (nSPS) is 13.2. The summed E-state index contributed by atoms with van der Waals surface area (Å²) in [5.74, 6) is 0.753. The zero-order valence-corrected chi connectivity index (χ0v) is 13.0. The van der Waals surface area contributed by atoms with Crippen molar-refractivity contribution in [2.45, 2.75) is 12.5 Å². The number of nitrogens with one attached hydrogen (secondary N) is 1. The maximum absolute atomic E-state index is 10.9. The van der Waals surface area contributed by atoms with Crippen molar-refractivity contribution < 1.29 is 18.3 Å². The molecule has 2 N–H and O–H groups in total. The summed E-state index contributed by atoms with van der Waals surface area (Å²) < 4.78 is 27.2. The maximum Gasteiger partial charge on any atom is 0.147 e. The van der Waals surface area contributed by atoms with Gasteiger partial charge >= 0.3 is 0 Å². The highest BCUT2D eigenvalue weighted by Crippen LogP contribution is 2.17. The molecule has 114 valence electrons. The number of ether oxygens (including phenoxy) is 1. The van der Waals surface area contributed by atoms with Gasteiger partial charge in [-0.3, -0.25) is 0 Å². The molecule has 1 unspecified atom stereocenters. The highest BCUT2D eigenvalue weighted by molar-refractivity contribution is 7.90. The molecule has 0 aliphatic carbocycles. The fraction of sp³-hybridized carbons (Fsp3) is 0.538. The molecule has 0 fully saturated rings. The van der Waals surface area contributed by atoms with E-state index in [9.17, 15) is 13.5 Å². The van der Waals surface area contributed by atoms with E-state index in [1.54, 1.807) is 24.3 Å². The van der Waals surface area contributed by atoms with Crippen LogP contribution in [0.3, 0.4) is 0 Å². The summed E-state index contributed by atoms with van der Waals surface area (Å²) in [5.41, 5.74) is 0. The van der Waals surface area contributed by atoms with Crippen molar-refractivity contribution in [3.05, 3.63) is 29.3 Å². The van der Waals surface area contributed by atoms with E-state index in [0.29, 0.717) is 30.3 Å². The van der Waals surface area contributed by atoms with Crippen LogP contribution in [0.25, 0.3) is 0 Å². The quantitative estimate of drug-likeness (QED) is 0.666. The van der Waals surface area contributed by atoms with Crippen LogP contribution in [0, 0.1) is 0 Å². The van der Waals surface area contributed by atoms with E-state index >= 15 is 0 Å². The number of sulfone groups is 1. The predicted octanol–water partition coefficient (Wildman–Crippen LogP) is 1.10. The van der Waals surface area contributed by atoms with Crippen molar-refractivity contribution in [1.29, 1.82) is 0 Å². The molecule has 0 heterocycles. The minimum Gasteiger partial charge on any atom is -0.491 e. The Morgan fingerprint density at radius 2 is 2.20 bits per heavy atom. The summed E-state index contributed by atoms with van der Waals surface area (Å²) in [5, 5.41) is 13.3. The van der Waals surface area contributed by atoms with Crippen molar-refractivity contribution in [2.24, 2.45) is 0 Å². The van der Waals surface area contributed by atoms with Gasteiger partial charge in [0.05, 0.1) is 5.75 Å². The second kappa shape index (κ2) is 8.46. The number of aliphatic hydroxyl groups excluding tert-OH is 1. The first kappa shape index (κ1) is 17.2. The summed E-state index contributed by atoms with van der Waals surface area (Å²) in [6.07, 6.45) is 1.08. The van der Waals surface area contributed by atoms with Gasteiger partial charge in [-0.25, -0.2) is 8.42 Å². The summed E-state index contributed by atoms with van der Waals surface area (Å²) in [6, 6.07) is 6.95. The third kappa shape index (κ3) is 8.37. The van der Waals surface area contributed by atoms with Gasteiger partial charge in [0.2, 0.25) is 0 Å². The lowest BCUT2D eigenvalue weighted by Crippen LogP contribution is -2.32. The molecule has 7 heteroatoms. The Balaban J connectivity index is 2.13. The van der Waals surface area contributed by atoms with Crippen LogP contribution in [0.4, 0.5) is 0 Å². The van der Waals surface area contributed by atoms with Crippen LogP contribution >= 0.6 is 11.6 Å². The molecule has 0 bridgehead atoms. The Hall–Kier alpha value is -0.820. The van der Waals surface area contributed by atoms with Crippen molar-refractivity contribution in [1.82, 2.24) is 5.32 Å². The number of benzene rings is 1. The van der Waals surface area contributed by atoms with E-state index < -0.39 is 15.9 Å². The van der Waals surface area contributed by atoms with E-state index in [0.717, 1.165) is 0 Å². The summed E-state index contributed by atoms with van der Waals surface area (Å²) in [4.78, 5) is 0. The van der Waals surface area contributed by atoms with Crippen LogP contribution in [0.5, 0.6) is 5.75 Å². The van der Waals surface area contributed by atoms with Gasteiger partial charge in [0.25, 0.3) is 0 Å².